The van der Waals surface area contributed by atoms with E-state index < -0.39 is 0 Å². The Morgan fingerprint density at radius 2 is 1.53 bits per heavy atom. The number of rotatable bonds is 13. The molecule has 0 spiro atoms. The summed E-state index contributed by atoms with van der Waals surface area (Å²) in [4.78, 5) is 48.0. The summed E-state index contributed by atoms with van der Waals surface area (Å²) in [5.41, 5.74) is 10.2. The molecule has 10 heteroatoms. The van der Waals surface area contributed by atoms with Crippen molar-refractivity contribution in [3.05, 3.63) is 73.8 Å². The molecule has 0 atom stereocenters. The van der Waals surface area contributed by atoms with Crippen LogP contribution in [-0.4, -0.2) is 18.3 Å². The Bertz CT molecular complexity index is 968. The summed E-state index contributed by atoms with van der Waals surface area (Å²) in [7, 11) is 0. The summed E-state index contributed by atoms with van der Waals surface area (Å²) in [5, 5.41) is 8.91. The van der Waals surface area contributed by atoms with Crippen LogP contribution in [0.15, 0.2) is 57.9 Å². The van der Waals surface area contributed by atoms with E-state index in [0.717, 1.165) is 5.56 Å². The van der Waals surface area contributed by atoms with Crippen molar-refractivity contribution in [1.82, 2.24) is 0 Å². The van der Waals surface area contributed by atoms with Gasteiger partial charge in [0.1, 0.15) is 28.7 Å². The van der Waals surface area contributed by atoms with Gasteiger partial charge in [-0.2, -0.15) is 0 Å². The van der Waals surface area contributed by atoms with Crippen LogP contribution in [0.2, 0.25) is 0 Å². The number of nitroso groups, excluding NO2 is 2. The zero-order valence-corrected chi connectivity index (χ0v) is 16.1. The number of hydrogen-bond donors (Lipinski definition) is 0. The van der Waals surface area contributed by atoms with E-state index in [2.05, 4.69) is 20.4 Å². The van der Waals surface area contributed by atoms with Crippen LogP contribution >= 0.6 is 0 Å². The lowest BCUT2D eigenvalue weighted by atomic mass is 10.0. The van der Waals surface area contributed by atoms with Gasteiger partial charge in [0.25, 0.3) is 0 Å². The van der Waals surface area contributed by atoms with E-state index in [0.29, 0.717) is 24.1 Å². The monoisotopic (exact) mass is 409 g/mol. The number of hydrogen-bond acceptors (Lipinski definition) is 8. The molecule has 0 aliphatic rings. The number of ether oxygens (including phenoxy) is 1. The zero-order chi connectivity index (χ0) is 21.8. The van der Waals surface area contributed by atoms with Crippen molar-refractivity contribution in [2.75, 3.05) is 6.73 Å². The SMILES string of the molecule is [N-]=[N+]=NCOc1ccc(CCC(=O)CC(=O)CCc2ccc(N=O)cc2)cc1N=O. The lowest BCUT2D eigenvalue weighted by Gasteiger charge is -2.07. The lowest BCUT2D eigenvalue weighted by Crippen LogP contribution is -2.09. The van der Waals surface area contributed by atoms with Crippen LogP contribution in [-0.2, 0) is 22.4 Å². The van der Waals surface area contributed by atoms with Gasteiger partial charge >= 0.3 is 0 Å². The maximum Gasteiger partial charge on any atom is 0.167 e. The summed E-state index contributed by atoms with van der Waals surface area (Å²) < 4.78 is 5.13. The third-order valence-corrected chi connectivity index (χ3v) is 4.28. The Kier molecular flexibility index (Phi) is 8.82. The van der Waals surface area contributed by atoms with E-state index in [4.69, 9.17) is 10.3 Å². The molecule has 0 saturated carbocycles. The molecule has 2 rings (SSSR count). The quantitative estimate of drug-likeness (QED) is 0.146. The molecule has 0 amide bonds. The van der Waals surface area contributed by atoms with Crippen LogP contribution in [0.3, 0.4) is 0 Å². The van der Waals surface area contributed by atoms with E-state index in [-0.39, 0.29) is 49.0 Å². The van der Waals surface area contributed by atoms with Gasteiger partial charge in [-0.25, -0.2) is 0 Å². The minimum Gasteiger partial charge on any atom is -0.485 e. The molecular formula is C20H19N5O5. The van der Waals surface area contributed by atoms with E-state index in [1.807, 2.05) is 0 Å². The van der Waals surface area contributed by atoms with Crippen molar-refractivity contribution in [2.45, 2.75) is 32.1 Å². The number of carbonyl (C=O) groups excluding carboxylic acids is 2. The highest BCUT2D eigenvalue weighted by Crippen LogP contribution is 2.29. The third kappa shape index (κ3) is 7.25. The first-order chi connectivity index (χ1) is 14.5. The molecule has 0 saturated heterocycles. The summed E-state index contributed by atoms with van der Waals surface area (Å²) in [5.74, 6) is -0.168. The first-order valence-corrected chi connectivity index (χ1v) is 9.11. The van der Waals surface area contributed by atoms with Crippen molar-refractivity contribution in [3.63, 3.8) is 0 Å². The Labute approximate surface area is 171 Å². The van der Waals surface area contributed by atoms with E-state index in [9.17, 15) is 19.4 Å². The van der Waals surface area contributed by atoms with Gasteiger partial charge in [0.15, 0.2) is 6.73 Å². The van der Waals surface area contributed by atoms with Crippen LogP contribution in [0.5, 0.6) is 5.75 Å². The summed E-state index contributed by atoms with van der Waals surface area (Å²) in [6.45, 7) is -0.267. The molecule has 0 heterocycles. The number of carbonyl (C=O) groups is 2. The Balaban J connectivity index is 1.80. The largest absolute Gasteiger partial charge is 0.485 e. The van der Waals surface area contributed by atoms with Gasteiger partial charge in [-0.05, 0) is 64.1 Å². The fourth-order valence-electron chi connectivity index (χ4n) is 2.72. The molecule has 154 valence electrons. The van der Waals surface area contributed by atoms with E-state index in [1.54, 1.807) is 30.3 Å². The van der Waals surface area contributed by atoms with Crippen molar-refractivity contribution >= 4 is 22.9 Å². The van der Waals surface area contributed by atoms with Crippen LogP contribution in [0, 0.1) is 9.81 Å². The Morgan fingerprint density at radius 1 is 0.900 bits per heavy atom. The molecule has 0 aromatic heterocycles. The average Bonchev–Trinajstić information content (AvgIpc) is 2.77. The lowest BCUT2D eigenvalue weighted by molar-refractivity contribution is -0.126. The average molecular weight is 409 g/mol. The van der Waals surface area contributed by atoms with Crippen molar-refractivity contribution in [3.8, 4) is 5.75 Å². The van der Waals surface area contributed by atoms with E-state index in [1.165, 1.54) is 12.1 Å². The first-order valence-electron chi connectivity index (χ1n) is 9.11. The maximum atomic E-state index is 12.1. The normalized spacial score (nSPS) is 10.0. The second-order valence-electron chi connectivity index (χ2n) is 6.41. The van der Waals surface area contributed by atoms with E-state index >= 15 is 0 Å². The topological polar surface area (TPSA) is 151 Å². The van der Waals surface area contributed by atoms with Gasteiger partial charge in [0.05, 0.1) is 6.42 Å². The Hall–Kier alpha value is -3.91. The number of ketones is 2. The first kappa shape index (κ1) is 22.4. The Morgan fingerprint density at radius 3 is 2.13 bits per heavy atom. The molecule has 0 radical (unpaired) electrons. The highest BCUT2D eigenvalue weighted by molar-refractivity contribution is 5.99. The van der Waals surface area contributed by atoms with Gasteiger partial charge in [-0.1, -0.05) is 23.3 Å². The summed E-state index contributed by atoms with van der Waals surface area (Å²) in [6, 6.07) is 11.3. The minimum atomic E-state index is -0.267. The fourth-order valence-corrected chi connectivity index (χ4v) is 2.72. The number of azide groups is 1. The van der Waals surface area contributed by atoms with Gasteiger partial charge < -0.3 is 4.74 Å². The van der Waals surface area contributed by atoms with Crippen molar-refractivity contribution in [2.24, 2.45) is 15.5 Å². The van der Waals surface area contributed by atoms with Crippen molar-refractivity contribution in [1.29, 1.82) is 0 Å². The predicted molar refractivity (Wildman–Crippen MR) is 110 cm³/mol. The van der Waals surface area contributed by atoms with Crippen molar-refractivity contribution < 1.29 is 14.3 Å². The number of nitrogens with zero attached hydrogens (tertiary/aromatic N) is 5. The highest BCUT2D eigenvalue weighted by Gasteiger charge is 2.12. The fraction of sp³-hybridized carbons (Fsp3) is 0.300. The molecule has 2 aromatic rings. The van der Waals surface area contributed by atoms with Gasteiger partial charge in [-0.3, -0.25) is 9.59 Å². The summed E-state index contributed by atoms with van der Waals surface area (Å²) >= 11 is 0. The number of Topliss-reactive ketones (excluding diaryl/α,β-unsaturated/α-hetero) is 2. The van der Waals surface area contributed by atoms with Crippen LogP contribution in [0.25, 0.3) is 10.4 Å². The van der Waals surface area contributed by atoms with Crippen LogP contribution in [0.1, 0.15) is 30.4 Å². The van der Waals surface area contributed by atoms with Gasteiger partial charge in [-0.15, -0.1) is 9.81 Å². The molecule has 0 aliphatic carbocycles. The molecule has 2 aromatic carbocycles. The second-order valence-corrected chi connectivity index (χ2v) is 6.41. The van der Waals surface area contributed by atoms with Crippen LogP contribution < -0.4 is 4.74 Å². The van der Waals surface area contributed by atoms with Gasteiger partial charge in [0, 0.05) is 17.8 Å². The zero-order valence-electron chi connectivity index (χ0n) is 16.1. The third-order valence-electron chi connectivity index (χ3n) is 4.28. The predicted octanol–water partition coefficient (Wildman–Crippen LogP) is 5.22. The molecule has 10 nitrogen and oxygen atoms in total. The maximum absolute atomic E-state index is 12.1. The second kappa shape index (κ2) is 11.8. The molecule has 30 heavy (non-hydrogen) atoms. The number of aryl methyl sites for hydroxylation is 2. The summed E-state index contributed by atoms with van der Waals surface area (Å²) in [6.07, 6.45) is 1.07. The molecule has 0 aliphatic heterocycles. The molecular weight excluding hydrogens is 390 g/mol. The highest BCUT2D eigenvalue weighted by atomic mass is 16.5. The molecule has 0 fully saturated rings. The standard InChI is InChI=1S/C20H19N5O5/c21-25-22-13-30-20-10-5-15(11-19(20)24-29)4-9-18(27)12-17(26)8-3-14-1-6-16(23-28)7-2-14/h1-2,5-7,10-11H,3-4,8-9,12-13H2. The minimum absolute atomic E-state index is 0.0416. The number of benzene rings is 2. The van der Waals surface area contributed by atoms with Gasteiger partial charge in [0.2, 0.25) is 0 Å². The molecule has 0 bridgehead atoms. The molecule has 0 N–H and O–H groups in total. The van der Waals surface area contributed by atoms with Crippen LogP contribution in [0.4, 0.5) is 11.4 Å². The smallest absolute Gasteiger partial charge is 0.167 e. The molecule has 0 unspecified atom stereocenters.